The lowest BCUT2D eigenvalue weighted by molar-refractivity contribution is -0.393. The monoisotopic (exact) mass is 394 g/mol. The van der Waals surface area contributed by atoms with E-state index in [-0.39, 0.29) is 5.69 Å². The van der Waals surface area contributed by atoms with Crippen molar-refractivity contribution in [2.45, 2.75) is 31.9 Å². The Kier molecular flexibility index (Phi) is 5.93. The fourth-order valence-electron chi connectivity index (χ4n) is 2.72. The van der Waals surface area contributed by atoms with Crippen molar-refractivity contribution in [3.05, 3.63) is 50.2 Å². The molecule has 12 nitrogen and oxygen atoms in total. The van der Waals surface area contributed by atoms with Gasteiger partial charge in [0.1, 0.15) is 12.1 Å². The minimum Gasteiger partial charge on any atom is -0.469 e. The molecule has 12 heteroatoms. The summed E-state index contributed by atoms with van der Waals surface area (Å²) in [5.41, 5.74) is -0.821. The van der Waals surface area contributed by atoms with Crippen molar-refractivity contribution >= 4 is 28.8 Å². The maximum absolute atomic E-state index is 12.4. The van der Waals surface area contributed by atoms with Gasteiger partial charge < -0.3 is 9.84 Å². The number of nitrogens with zero attached hydrogens (tertiary/aromatic N) is 3. The maximum Gasteiger partial charge on any atom is 0.310 e. The van der Waals surface area contributed by atoms with Crippen LogP contribution in [-0.2, 0) is 14.3 Å². The standard InChI is InChI=1S/C16H18N4O8/c1-3-4-10-8-14(21)16(23,9-15(22)28-2)18(10)17-12-6-5-11(19(24)25)7-13(12)20(26)27/h5-8,17,23H,3-4,9H2,1-2H3. The molecule has 2 N–H and O–H groups in total. The Labute approximate surface area is 158 Å². The number of hydrazine groups is 1. The number of benzene rings is 1. The number of carbonyl (C=O) groups is 2. The number of hydrogen-bond donors (Lipinski definition) is 2. The van der Waals surface area contributed by atoms with Crippen LogP contribution in [-0.4, -0.2) is 44.5 Å². The number of nitro benzene ring substituents is 2. The lowest BCUT2D eigenvalue weighted by atomic mass is 10.1. The number of aliphatic hydroxyl groups is 1. The number of nitrogens with one attached hydrogen (secondary N) is 1. The molecule has 0 saturated heterocycles. The molecule has 1 aromatic rings. The van der Waals surface area contributed by atoms with E-state index in [0.717, 1.165) is 36.4 Å². The van der Waals surface area contributed by atoms with Gasteiger partial charge in [0.25, 0.3) is 5.69 Å². The number of nitro groups is 2. The quantitative estimate of drug-likeness (QED) is 0.376. The van der Waals surface area contributed by atoms with E-state index in [2.05, 4.69) is 10.2 Å². The highest BCUT2D eigenvalue weighted by atomic mass is 16.6. The summed E-state index contributed by atoms with van der Waals surface area (Å²) in [5, 5.41) is 34.0. The maximum atomic E-state index is 12.4. The van der Waals surface area contributed by atoms with E-state index in [0.29, 0.717) is 18.5 Å². The van der Waals surface area contributed by atoms with Crippen LogP contribution in [0.1, 0.15) is 26.2 Å². The van der Waals surface area contributed by atoms with Crippen molar-refractivity contribution in [1.82, 2.24) is 5.01 Å². The van der Waals surface area contributed by atoms with Crippen molar-refractivity contribution in [2.75, 3.05) is 12.5 Å². The molecule has 0 fully saturated rings. The van der Waals surface area contributed by atoms with Gasteiger partial charge in [0.15, 0.2) is 0 Å². The predicted octanol–water partition coefficient (Wildman–Crippen LogP) is 1.65. The van der Waals surface area contributed by atoms with Crippen LogP contribution in [0.4, 0.5) is 17.1 Å². The molecular weight excluding hydrogens is 376 g/mol. The molecule has 1 heterocycles. The van der Waals surface area contributed by atoms with Crippen LogP contribution < -0.4 is 5.43 Å². The first-order valence-electron chi connectivity index (χ1n) is 8.18. The third-order valence-electron chi connectivity index (χ3n) is 4.10. The van der Waals surface area contributed by atoms with Gasteiger partial charge >= 0.3 is 11.7 Å². The highest BCUT2D eigenvalue weighted by molar-refractivity contribution is 6.02. The first-order valence-corrected chi connectivity index (χ1v) is 8.18. The van der Waals surface area contributed by atoms with Gasteiger partial charge in [0.05, 0.1) is 23.0 Å². The third-order valence-corrected chi connectivity index (χ3v) is 4.10. The first-order chi connectivity index (χ1) is 13.1. The molecule has 0 aromatic heterocycles. The summed E-state index contributed by atoms with van der Waals surface area (Å²) >= 11 is 0. The van der Waals surface area contributed by atoms with E-state index in [9.17, 15) is 34.9 Å². The van der Waals surface area contributed by atoms with E-state index in [1.807, 2.05) is 6.92 Å². The Morgan fingerprint density at radius 2 is 2.00 bits per heavy atom. The summed E-state index contributed by atoms with van der Waals surface area (Å²) < 4.78 is 4.51. The fraction of sp³-hybridized carbons (Fsp3) is 0.375. The molecule has 150 valence electrons. The third kappa shape index (κ3) is 3.91. The van der Waals surface area contributed by atoms with E-state index >= 15 is 0 Å². The summed E-state index contributed by atoms with van der Waals surface area (Å²) in [6, 6.07) is 2.87. The van der Waals surface area contributed by atoms with Gasteiger partial charge in [0, 0.05) is 17.8 Å². The molecule has 0 amide bonds. The van der Waals surface area contributed by atoms with Crippen LogP contribution in [0.2, 0.25) is 0 Å². The first kappa shape index (κ1) is 20.8. The second kappa shape index (κ2) is 8.00. The van der Waals surface area contributed by atoms with Crippen molar-refractivity contribution in [3.63, 3.8) is 0 Å². The summed E-state index contributed by atoms with van der Waals surface area (Å²) in [6.45, 7) is 1.81. The van der Waals surface area contributed by atoms with Crippen LogP contribution in [0.3, 0.4) is 0 Å². The van der Waals surface area contributed by atoms with Gasteiger partial charge in [-0.25, -0.2) is 0 Å². The molecule has 28 heavy (non-hydrogen) atoms. The van der Waals surface area contributed by atoms with Crippen LogP contribution in [0, 0.1) is 20.2 Å². The largest absolute Gasteiger partial charge is 0.469 e. The van der Waals surface area contributed by atoms with Gasteiger partial charge in [-0.05, 0) is 12.5 Å². The lowest BCUT2D eigenvalue weighted by Crippen LogP contribution is -2.53. The predicted molar refractivity (Wildman–Crippen MR) is 94.8 cm³/mol. The SMILES string of the molecule is CCCC1=CC(=O)C(O)(CC(=O)OC)N1Nc1ccc([N+](=O)[O-])cc1[N+](=O)[O-]. The Hall–Kier alpha value is -3.54. The lowest BCUT2D eigenvalue weighted by Gasteiger charge is -2.35. The van der Waals surface area contributed by atoms with Gasteiger partial charge in [-0.2, -0.15) is 0 Å². The zero-order chi connectivity index (χ0) is 21.1. The second-order valence-corrected chi connectivity index (χ2v) is 5.98. The molecule has 0 saturated carbocycles. The Bertz CT molecular complexity index is 868. The molecular formula is C16H18N4O8. The van der Waals surface area contributed by atoms with Crippen molar-refractivity contribution in [1.29, 1.82) is 0 Å². The van der Waals surface area contributed by atoms with E-state index in [1.54, 1.807) is 0 Å². The molecule has 0 radical (unpaired) electrons. The van der Waals surface area contributed by atoms with Crippen molar-refractivity contribution in [2.24, 2.45) is 0 Å². The number of ketones is 1. The number of hydrogen-bond acceptors (Lipinski definition) is 10. The molecule has 1 aliphatic rings. The number of anilines is 1. The Morgan fingerprint density at radius 1 is 1.32 bits per heavy atom. The number of non-ortho nitro benzene ring substituents is 1. The van der Waals surface area contributed by atoms with Gasteiger partial charge in [-0.1, -0.05) is 13.3 Å². The van der Waals surface area contributed by atoms with Crippen molar-refractivity contribution < 1.29 is 29.3 Å². The average Bonchev–Trinajstić information content (AvgIpc) is 2.86. The zero-order valence-corrected chi connectivity index (χ0v) is 15.1. The summed E-state index contributed by atoms with van der Waals surface area (Å²) in [7, 11) is 1.09. The Balaban J connectivity index is 2.48. The highest BCUT2D eigenvalue weighted by Gasteiger charge is 2.49. The number of allylic oxidation sites excluding steroid dienone is 1. The Morgan fingerprint density at radius 3 is 2.54 bits per heavy atom. The molecule has 1 atom stereocenters. The number of rotatable bonds is 8. The average molecular weight is 394 g/mol. The van der Waals surface area contributed by atoms with Crippen LogP contribution >= 0.6 is 0 Å². The smallest absolute Gasteiger partial charge is 0.310 e. The van der Waals surface area contributed by atoms with Gasteiger partial charge in [-0.3, -0.25) is 40.3 Å². The molecule has 1 aromatic carbocycles. The summed E-state index contributed by atoms with van der Waals surface area (Å²) in [6.07, 6.45) is 1.31. The molecule has 1 unspecified atom stereocenters. The van der Waals surface area contributed by atoms with E-state index in [1.165, 1.54) is 0 Å². The fourth-order valence-corrected chi connectivity index (χ4v) is 2.72. The minimum absolute atomic E-state index is 0.199. The number of ether oxygens (including phenoxy) is 1. The minimum atomic E-state index is -2.35. The normalized spacial score (nSPS) is 18.6. The molecule has 0 aliphatic carbocycles. The molecule has 0 bridgehead atoms. The molecule has 2 rings (SSSR count). The summed E-state index contributed by atoms with van der Waals surface area (Å²) in [5.74, 6) is -1.66. The number of esters is 1. The number of carbonyl (C=O) groups excluding carboxylic acids is 2. The molecule has 1 aliphatic heterocycles. The number of methoxy groups -OCH3 is 1. The summed E-state index contributed by atoms with van der Waals surface area (Å²) in [4.78, 5) is 44.6. The second-order valence-electron chi connectivity index (χ2n) is 5.98. The molecule has 0 spiro atoms. The topological polar surface area (TPSA) is 165 Å². The van der Waals surface area contributed by atoms with E-state index in [4.69, 9.17) is 0 Å². The van der Waals surface area contributed by atoms with Crippen LogP contribution in [0.25, 0.3) is 0 Å². The zero-order valence-electron chi connectivity index (χ0n) is 15.1. The van der Waals surface area contributed by atoms with Gasteiger partial charge in [0.2, 0.25) is 11.5 Å². The van der Waals surface area contributed by atoms with Crippen LogP contribution in [0.15, 0.2) is 30.0 Å². The highest BCUT2D eigenvalue weighted by Crippen LogP contribution is 2.36. The van der Waals surface area contributed by atoms with Crippen LogP contribution in [0.5, 0.6) is 0 Å². The van der Waals surface area contributed by atoms with Gasteiger partial charge in [-0.15, -0.1) is 0 Å². The van der Waals surface area contributed by atoms with E-state index < -0.39 is 45.1 Å². The van der Waals surface area contributed by atoms with Crippen molar-refractivity contribution in [3.8, 4) is 0 Å².